The maximum atomic E-state index is 14.7. The summed E-state index contributed by atoms with van der Waals surface area (Å²) in [6.45, 7) is 5.22. The highest BCUT2D eigenvalue weighted by molar-refractivity contribution is 6.30. The Balaban J connectivity index is 2.52. The van der Waals surface area contributed by atoms with Crippen LogP contribution in [-0.2, 0) is 27.3 Å². The SMILES string of the molecule is COc1ccc(CN(C(=O)OC(C)(C)C)C(Cc2cccc(Cl)c2F)C(=O)N(C)OC)cc1. The van der Waals surface area contributed by atoms with Crippen molar-refractivity contribution in [3.8, 4) is 5.75 Å². The average Bonchev–Trinajstić information content (AvgIpc) is 2.77. The standard InChI is InChI=1S/C24H30ClFN2O5/c1-24(2,3)33-23(30)28(15-16-10-12-18(31-5)13-11-16)20(22(29)27(4)32-6)14-17-8-7-9-19(25)21(17)26/h7-13,20H,14-15H2,1-6H3. The van der Waals surface area contributed by atoms with Gasteiger partial charge in [0.1, 0.15) is 23.2 Å². The van der Waals surface area contributed by atoms with Crippen molar-refractivity contribution in [3.63, 3.8) is 0 Å². The Hall–Kier alpha value is -2.84. The van der Waals surface area contributed by atoms with Crippen LogP contribution in [0.5, 0.6) is 5.75 Å². The summed E-state index contributed by atoms with van der Waals surface area (Å²) in [6, 6.07) is 10.4. The lowest BCUT2D eigenvalue weighted by Crippen LogP contribution is -2.52. The van der Waals surface area contributed by atoms with Gasteiger partial charge in [-0.25, -0.2) is 14.2 Å². The molecule has 0 heterocycles. The van der Waals surface area contributed by atoms with Gasteiger partial charge in [-0.1, -0.05) is 35.9 Å². The van der Waals surface area contributed by atoms with E-state index in [9.17, 15) is 14.0 Å². The molecule has 0 fully saturated rings. The van der Waals surface area contributed by atoms with Crippen molar-refractivity contribution in [1.82, 2.24) is 9.96 Å². The first-order valence-corrected chi connectivity index (χ1v) is 10.7. The van der Waals surface area contributed by atoms with Crippen molar-refractivity contribution in [1.29, 1.82) is 0 Å². The number of methoxy groups -OCH3 is 1. The van der Waals surface area contributed by atoms with Gasteiger partial charge in [0.25, 0.3) is 5.91 Å². The Labute approximate surface area is 198 Å². The average molecular weight is 481 g/mol. The van der Waals surface area contributed by atoms with Gasteiger partial charge in [0, 0.05) is 20.0 Å². The number of carbonyl (C=O) groups excluding carboxylic acids is 2. The molecule has 0 radical (unpaired) electrons. The van der Waals surface area contributed by atoms with E-state index in [1.807, 2.05) is 0 Å². The maximum absolute atomic E-state index is 14.7. The summed E-state index contributed by atoms with van der Waals surface area (Å²) in [5, 5.41) is 0.927. The van der Waals surface area contributed by atoms with Crippen molar-refractivity contribution in [2.75, 3.05) is 21.3 Å². The third kappa shape index (κ3) is 7.33. The molecule has 1 unspecified atom stereocenters. The van der Waals surface area contributed by atoms with Crippen LogP contribution in [0.25, 0.3) is 0 Å². The predicted octanol–water partition coefficient (Wildman–Crippen LogP) is 4.86. The van der Waals surface area contributed by atoms with E-state index in [1.54, 1.807) is 58.2 Å². The Morgan fingerprint density at radius 1 is 1.09 bits per heavy atom. The molecule has 2 aromatic rings. The van der Waals surface area contributed by atoms with Crippen LogP contribution in [-0.4, -0.2) is 54.9 Å². The molecule has 180 valence electrons. The fourth-order valence-corrected chi connectivity index (χ4v) is 3.29. The number of nitrogens with zero attached hydrogens (tertiary/aromatic N) is 2. The number of likely N-dealkylation sites (N-methyl/N-ethyl adjacent to an activating group) is 1. The van der Waals surface area contributed by atoms with Gasteiger partial charge in [0.2, 0.25) is 0 Å². The molecule has 0 bridgehead atoms. The molecule has 2 amide bonds. The zero-order valence-corrected chi connectivity index (χ0v) is 20.5. The second-order valence-corrected chi connectivity index (χ2v) is 8.81. The van der Waals surface area contributed by atoms with Crippen LogP contribution in [0.2, 0.25) is 5.02 Å². The van der Waals surface area contributed by atoms with Crippen molar-refractivity contribution in [2.45, 2.75) is 45.4 Å². The van der Waals surface area contributed by atoms with Crippen LogP contribution < -0.4 is 4.74 Å². The largest absolute Gasteiger partial charge is 0.497 e. The highest BCUT2D eigenvalue weighted by Gasteiger charge is 2.36. The van der Waals surface area contributed by atoms with E-state index in [-0.39, 0.29) is 23.6 Å². The summed E-state index contributed by atoms with van der Waals surface area (Å²) >= 11 is 5.94. The van der Waals surface area contributed by atoms with E-state index in [2.05, 4.69) is 0 Å². The smallest absolute Gasteiger partial charge is 0.411 e. The molecule has 0 saturated heterocycles. The maximum Gasteiger partial charge on any atom is 0.411 e. The van der Waals surface area contributed by atoms with E-state index in [0.717, 1.165) is 10.6 Å². The number of carbonyl (C=O) groups is 2. The summed E-state index contributed by atoms with van der Waals surface area (Å²) in [5.74, 6) is -0.544. The fraction of sp³-hybridized carbons (Fsp3) is 0.417. The van der Waals surface area contributed by atoms with Crippen molar-refractivity contribution < 1.29 is 28.3 Å². The molecular formula is C24H30ClFN2O5. The molecule has 9 heteroatoms. The molecule has 0 aliphatic rings. The van der Waals surface area contributed by atoms with Crippen LogP contribution in [0.1, 0.15) is 31.9 Å². The molecule has 2 rings (SSSR count). The van der Waals surface area contributed by atoms with Crippen LogP contribution in [0.4, 0.5) is 9.18 Å². The number of hydrogen-bond acceptors (Lipinski definition) is 5. The second-order valence-electron chi connectivity index (χ2n) is 8.41. The third-order valence-corrected chi connectivity index (χ3v) is 5.12. The molecule has 0 aliphatic carbocycles. The predicted molar refractivity (Wildman–Crippen MR) is 123 cm³/mol. The molecule has 1 atom stereocenters. The summed E-state index contributed by atoms with van der Waals surface area (Å²) in [4.78, 5) is 32.8. The molecule has 0 aromatic heterocycles. The first-order chi connectivity index (χ1) is 15.5. The molecule has 7 nitrogen and oxygen atoms in total. The van der Waals surface area contributed by atoms with Crippen LogP contribution >= 0.6 is 11.6 Å². The van der Waals surface area contributed by atoms with Crippen molar-refractivity contribution in [3.05, 3.63) is 64.4 Å². The molecule has 0 N–H and O–H groups in total. The minimum absolute atomic E-state index is 0.0368. The number of ether oxygens (including phenoxy) is 2. The monoisotopic (exact) mass is 480 g/mol. The number of amides is 2. The highest BCUT2D eigenvalue weighted by atomic mass is 35.5. The lowest BCUT2D eigenvalue weighted by atomic mass is 10.0. The Morgan fingerprint density at radius 2 is 1.73 bits per heavy atom. The third-order valence-electron chi connectivity index (χ3n) is 4.83. The van der Waals surface area contributed by atoms with Gasteiger partial charge in [-0.3, -0.25) is 14.5 Å². The number of benzene rings is 2. The van der Waals surface area contributed by atoms with Crippen LogP contribution in [0, 0.1) is 5.82 Å². The Kier molecular flexibility index (Phi) is 9.07. The lowest BCUT2D eigenvalue weighted by molar-refractivity contribution is -0.174. The van der Waals surface area contributed by atoms with E-state index in [0.29, 0.717) is 5.75 Å². The summed E-state index contributed by atoms with van der Waals surface area (Å²) < 4.78 is 25.5. The molecular weight excluding hydrogens is 451 g/mol. The zero-order chi connectivity index (χ0) is 24.8. The summed E-state index contributed by atoms with van der Waals surface area (Å²) in [7, 11) is 4.30. The van der Waals surface area contributed by atoms with E-state index >= 15 is 0 Å². The number of hydroxylamine groups is 2. The number of hydrogen-bond donors (Lipinski definition) is 0. The van der Waals surface area contributed by atoms with Crippen molar-refractivity contribution in [2.24, 2.45) is 0 Å². The minimum atomic E-state index is -1.13. The minimum Gasteiger partial charge on any atom is -0.497 e. The fourth-order valence-electron chi connectivity index (χ4n) is 3.10. The van der Waals surface area contributed by atoms with E-state index in [1.165, 1.54) is 31.2 Å². The first kappa shape index (κ1) is 26.4. The van der Waals surface area contributed by atoms with Crippen molar-refractivity contribution >= 4 is 23.6 Å². The van der Waals surface area contributed by atoms with Crippen LogP contribution in [0.3, 0.4) is 0 Å². The van der Waals surface area contributed by atoms with E-state index < -0.39 is 29.5 Å². The van der Waals surface area contributed by atoms with Gasteiger partial charge in [-0.2, -0.15) is 0 Å². The van der Waals surface area contributed by atoms with Gasteiger partial charge < -0.3 is 9.47 Å². The molecule has 0 spiro atoms. The summed E-state index contributed by atoms with van der Waals surface area (Å²) in [5.41, 5.74) is 0.108. The van der Waals surface area contributed by atoms with Gasteiger partial charge in [0.15, 0.2) is 0 Å². The van der Waals surface area contributed by atoms with Gasteiger partial charge in [-0.15, -0.1) is 0 Å². The van der Waals surface area contributed by atoms with Gasteiger partial charge in [-0.05, 0) is 50.1 Å². The molecule has 0 saturated carbocycles. The molecule has 33 heavy (non-hydrogen) atoms. The van der Waals surface area contributed by atoms with Crippen LogP contribution in [0.15, 0.2) is 42.5 Å². The normalized spacial score (nSPS) is 12.1. The topological polar surface area (TPSA) is 68.3 Å². The number of rotatable bonds is 8. The highest BCUT2D eigenvalue weighted by Crippen LogP contribution is 2.24. The Bertz CT molecular complexity index is 962. The van der Waals surface area contributed by atoms with Gasteiger partial charge >= 0.3 is 6.09 Å². The quantitative estimate of drug-likeness (QED) is 0.505. The van der Waals surface area contributed by atoms with E-state index in [4.69, 9.17) is 25.9 Å². The number of halogens is 2. The first-order valence-electron chi connectivity index (χ1n) is 10.3. The lowest BCUT2D eigenvalue weighted by Gasteiger charge is -2.34. The second kappa shape index (κ2) is 11.3. The Morgan fingerprint density at radius 3 is 2.27 bits per heavy atom. The van der Waals surface area contributed by atoms with Gasteiger partial charge in [0.05, 0.1) is 19.2 Å². The molecule has 2 aromatic carbocycles. The molecule has 0 aliphatic heterocycles. The summed E-state index contributed by atoms with van der Waals surface area (Å²) in [6.07, 6.45) is -0.850. The zero-order valence-electron chi connectivity index (χ0n) is 19.7.